The average molecular weight is 801 g/mol. The largest absolute Gasteiger partial charge is 0.408 e. The summed E-state index contributed by atoms with van der Waals surface area (Å²) in [7, 11) is -12.1. The number of nitrogen functional groups attached to an aromatic ring is 2. The minimum absolute atomic E-state index is 0.0145. The van der Waals surface area contributed by atoms with E-state index in [-0.39, 0.29) is 39.3 Å². The predicted octanol–water partition coefficient (Wildman–Crippen LogP) is 0.403. The molecule has 0 aliphatic carbocycles. The lowest BCUT2D eigenvalue weighted by molar-refractivity contribution is -0.0450. The van der Waals surface area contributed by atoms with E-state index < -0.39 is 96.9 Å². The molecule has 0 spiro atoms. The van der Waals surface area contributed by atoms with Crippen LogP contribution in [-0.2, 0) is 32.1 Å². The van der Waals surface area contributed by atoms with Crippen molar-refractivity contribution in [1.29, 1.82) is 0 Å². The van der Waals surface area contributed by atoms with Crippen molar-refractivity contribution in [3.05, 3.63) is 33.4 Å². The lowest BCUT2D eigenvalue weighted by Crippen LogP contribution is -2.53. The van der Waals surface area contributed by atoms with Gasteiger partial charge in [-0.3, -0.25) is 37.7 Å². The second-order valence-electron chi connectivity index (χ2n) is 14.8. The minimum atomic E-state index is -4.75. The summed E-state index contributed by atoms with van der Waals surface area (Å²) in [6, 6.07) is -2.19. The number of nitrogens with zero attached hydrogens (tertiary/aromatic N) is 6. The van der Waals surface area contributed by atoms with Crippen molar-refractivity contribution in [3.8, 4) is 0 Å². The zero-order chi connectivity index (χ0) is 38.4. The van der Waals surface area contributed by atoms with E-state index in [4.69, 9.17) is 34.4 Å². The summed E-state index contributed by atoms with van der Waals surface area (Å²) in [6.45, 7) is 10.5. The summed E-state index contributed by atoms with van der Waals surface area (Å²) in [5.74, 6) is -0.997. The predicted molar refractivity (Wildman–Crippen MR) is 190 cm³/mol. The van der Waals surface area contributed by atoms with Gasteiger partial charge in [-0.25, -0.2) is 29.3 Å². The van der Waals surface area contributed by atoms with Gasteiger partial charge in [0.05, 0.1) is 38.0 Å². The van der Waals surface area contributed by atoms with Crippen LogP contribution in [-0.4, -0.2) is 101 Å². The van der Waals surface area contributed by atoms with Crippen molar-refractivity contribution >= 4 is 58.0 Å². The van der Waals surface area contributed by atoms with Crippen LogP contribution in [0.3, 0.4) is 0 Å². The zero-order valence-electron chi connectivity index (χ0n) is 29.5. The monoisotopic (exact) mass is 800 g/mol. The molecule has 26 heteroatoms. The summed E-state index contributed by atoms with van der Waals surface area (Å²) in [5, 5.41) is 4.94. The van der Waals surface area contributed by atoms with E-state index in [9.17, 15) is 28.5 Å². The van der Waals surface area contributed by atoms with Crippen molar-refractivity contribution in [1.82, 2.24) is 49.2 Å². The molecule has 10 atom stereocenters. The van der Waals surface area contributed by atoms with Gasteiger partial charge in [0.1, 0.15) is 24.5 Å². The summed E-state index contributed by atoms with van der Waals surface area (Å²) in [5.41, 5.74) is 10.6. The second kappa shape index (κ2) is 13.1. The molecule has 290 valence electrons. The van der Waals surface area contributed by atoms with E-state index >= 15 is 0 Å². The van der Waals surface area contributed by atoms with Gasteiger partial charge in [-0.1, -0.05) is 27.7 Å². The number of hydrogen-bond donors (Lipinski definition) is 8. The van der Waals surface area contributed by atoms with Gasteiger partial charge in [0.15, 0.2) is 36.9 Å². The van der Waals surface area contributed by atoms with Gasteiger partial charge in [0, 0.05) is 5.92 Å². The Kier molecular flexibility index (Phi) is 9.39. The van der Waals surface area contributed by atoms with E-state index in [2.05, 4.69) is 40.1 Å². The van der Waals surface area contributed by atoms with Gasteiger partial charge in [0.25, 0.3) is 11.1 Å². The van der Waals surface area contributed by atoms with Gasteiger partial charge < -0.3 is 35.2 Å². The van der Waals surface area contributed by atoms with Crippen LogP contribution >= 0.6 is 15.5 Å². The zero-order valence-corrected chi connectivity index (χ0v) is 32.3. The number of rotatable bonds is 4. The van der Waals surface area contributed by atoms with Gasteiger partial charge in [-0.2, -0.15) is 9.97 Å². The number of imidazole rings is 2. The van der Waals surface area contributed by atoms with Crippen LogP contribution in [0, 0.1) is 5.92 Å². The van der Waals surface area contributed by atoms with E-state index in [1.807, 2.05) is 33.9 Å². The molecule has 0 radical (unpaired) electrons. The molecule has 2 unspecified atom stereocenters. The number of fused-ring (bicyclic) bond motifs is 4. The molecule has 0 bridgehead atoms. The molecular formula is C27H42N12O11P2Si. The first kappa shape index (κ1) is 37.9. The summed E-state index contributed by atoms with van der Waals surface area (Å²) in [6.07, 6.45) is -2.86. The molecule has 7 heterocycles. The normalized spacial score (nSPS) is 34.5. The molecule has 7 rings (SSSR count). The number of nitrogens with two attached hydrogens (primary N) is 2. The van der Waals surface area contributed by atoms with Crippen molar-refractivity contribution in [2.24, 2.45) is 5.92 Å². The highest BCUT2D eigenvalue weighted by Crippen LogP contribution is 2.50. The standard InChI is InChI=1S/C27H42N12O11P2Si/c1-11-14-12(48-23(11)38-9-30-16-19(38)32-25(28)34-21(16)40)7-46-52(44,45)37-15-13(8-47-51(42,43)36-14)49-24(18(15)50-53(5,6)27(2,3)4)39-10-31-17-20(39)33-26(29)35-22(17)41/h9-15,18,23-24H,7-8H2,1-6H3,(H2,36,42,43)(H2,37,44,45)(H3,28,32,34,40)(H3,29,33,35,41)/t11-,12-,13-,14+,15-,18-,23-,24-/m1/s1. The Bertz CT molecular complexity index is 2270. The Labute approximate surface area is 301 Å². The van der Waals surface area contributed by atoms with Gasteiger partial charge >= 0.3 is 15.5 Å². The number of ether oxygens (including phenoxy) is 2. The highest BCUT2D eigenvalue weighted by Gasteiger charge is 2.55. The smallest absolute Gasteiger partial charge is 0.403 e. The van der Waals surface area contributed by atoms with E-state index in [1.54, 1.807) is 6.92 Å². The van der Waals surface area contributed by atoms with Gasteiger partial charge in [0.2, 0.25) is 11.9 Å². The number of hydrogen-bond acceptors (Lipinski definition) is 15. The van der Waals surface area contributed by atoms with Crippen LogP contribution < -0.4 is 32.8 Å². The number of nitrogens with one attached hydrogen (secondary N) is 4. The molecule has 10 N–H and O–H groups in total. The third-order valence-corrected chi connectivity index (χ3v) is 16.9. The molecule has 53 heavy (non-hydrogen) atoms. The summed E-state index contributed by atoms with van der Waals surface area (Å²) < 4.78 is 61.2. The average Bonchev–Trinajstić information content (AvgIpc) is 3.79. The Morgan fingerprint density at radius 1 is 0.849 bits per heavy atom. The fourth-order valence-corrected chi connectivity index (χ4v) is 10.1. The fourth-order valence-electron chi connectivity index (χ4n) is 6.53. The molecule has 0 amide bonds. The highest BCUT2D eigenvalue weighted by molar-refractivity contribution is 7.50. The summed E-state index contributed by atoms with van der Waals surface area (Å²) in [4.78, 5) is 69.1. The van der Waals surface area contributed by atoms with Crippen LogP contribution in [0.25, 0.3) is 22.3 Å². The molecule has 23 nitrogen and oxygen atoms in total. The Hall–Kier alpha value is -3.38. The van der Waals surface area contributed by atoms with Gasteiger partial charge in [-0.05, 0) is 18.1 Å². The maximum Gasteiger partial charge on any atom is 0.403 e. The van der Waals surface area contributed by atoms with Crippen molar-refractivity contribution in [2.75, 3.05) is 24.7 Å². The van der Waals surface area contributed by atoms with Gasteiger partial charge in [-0.15, -0.1) is 0 Å². The first-order valence-corrected chi connectivity index (χ1v) is 22.6. The van der Waals surface area contributed by atoms with Crippen LogP contribution in [0.2, 0.25) is 18.1 Å². The maximum atomic E-state index is 13.9. The third-order valence-electron chi connectivity index (χ3n) is 10.2. The third kappa shape index (κ3) is 7.03. The first-order valence-electron chi connectivity index (χ1n) is 16.6. The number of aromatic nitrogens is 8. The molecule has 3 aliphatic heterocycles. The SMILES string of the molecule is C[C@@H]1[C@@H]2NP(=O)(O)OC[C@H]3O[C@@H](n4cnc5c(=O)[nH]c(N)nc54)[C@H](O[Si](C)(C)C(C)(C)C)[C@@H]3NP(=O)(O)OC[C@H]2O[C@H]1n1cnc2c(=O)[nH]c(N)nc21. The molecule has 3 aliphatic rings. The van der Waals surface area contributed by atoms with Crippen LogP contribution in [0.5, 0.6) is 0 Å². The van der Waals surface area contributed by atoms with Crippen LogP contribution in [0.15, 0.2) is 22.2 Å². The van der Waals surface area contributed by atoms with E-state index in [1.165, 1.54) is 21.8 Å². The van der Waals surface area contributed by atoms with Crippen molar-refractivity contribution in [3.63, 3.8) is 0 Å². The molecule has 0 aromatic carbocycles. The number of anilines is 2. The van der Waals surface area contributed by atoms with Crippen molar-refractivity contribution < 1.29 is 41.9 Å². The molecule has 3 saturated heterocycles. The lowest BCUT2D eigenvalue weighted by Gasteiger charge is -2.41. The Morgan fingerprint density at radius 3 is 1.81 bits per heavy atom. The quantitative estimate of drug-likeness (QED) is 0.102. The highest BCUT2D eigenvalue weighted by atomic mass is 31.2. The molecule has 4 aromatic rings. The molecular weight excluding hydrogens is 758 g/mol. The Balaban J connectivity index is 1.24. The van der Waals surface area contributed by atoms with Crippen molar-refractivity contribution in [2.45, 2.75) is 88.7 Å². The first-order chi connectivity index (χ1) is 24.6. The maximum absolute atomic E-state index is 13.9. The molecule has 4 aromatic heterocycles. The van der Waals surface area contributed by atoms with Crippen LogP contribution in [0.4, 0.5) is 11.9 Å². The molecule has 0 saturated carbocycles. The topological polar surface area (TPSA) is 324 Å². The molecule has 3 fully saturated rings. The number of H-pyrrole nitrogens is 2. The minimum Gasteiger partial charge on any atom is -0.408 e. The lowest BCUT2D eigenvalue weighted by atomic mass is 10.00. The van der Waals surface area contributed by atoms with Crippen LogP contribution in [0.1, 0.15) is 40.2 Å². The fraction of sp³-hybridized carbons (Fsp3) is 0.630. The number of aromatic amines is 2. The van der Waals surface area contributed by atoms with E-state index in [0.717, 1.165) is 0 Å². The Morgan fingerprint density at radius 2 is 1.30 bits per heavy atom. The van der Waals surface area contributed by atoms with E-state index in [0.29, 0.717) is 0 Å². The second-order valence-corrected chi connectivity index (χ2v) is 22.7. The summed E-state index contributed by atoms with van der Waals surface area (Å²) >= 11 is 0.